The first-order valence-corrected chi connectivity index (χ1v) is 20.4. The van der Waals surface area contributed by atoms with E-state index in [1.165, 1.54) is 180 Å². The molecule has 1 heterocycles. The maximum atomic E-state index is 6.40. The Labute approximate surface area is 284 Å². The zero-order valence-corrected chi connectivity index (χ0v) is 31.4. The molecule has 2 atom stereocenters. The fourth-order valence-electron chi connectivity index (χ4n) is 6.77. The zero-order chi connectivity index (χ0) is 32.5. The number of rotatable bonds is 34. The Balaban J connectivity index is 1.93. The molecule has 1 saturated heterocycles. The molecular weight excluding hydrogens is 550 g/mol. The maximum Gasteiger partial charge on any atom is 0.138 e. The lowest BCUT2D eigenvalue weighted by atomic mass is 10.1. The van der Waals surface area contributed by atoms with E-state index in [-0.39, 0.29) is 12.2 Å². The molecule has 0 saturated carbocycles. The second-order valence-electron chi connectivity index (χ2n) is 15.0. The third-order valence-corrected chi connectivity index (χ3v) is 9.74. The highest BCUT2D eigenvalue weighted by Crippen LogP contribution is 2.22. The molecule has 0 radical (unpaired) electrons. The molecule has 266 valence electrons. The van der Waals surface area contributed by atoms with Crippen molar-refractivity contribution in [2.24, 2.45) is 0 Å². The van der Waals surface area contributed by atoms with Gasteiger partial charge in [0.25, 0.3) is 0 Å². The van der Waals surface area contributed by atoms with E-state index in [2.05, 4.69) is 52.2 Å². The van der Waals surface area contributed by atoms with Gasteiger partial charge in [-0.3, -0.25) is 0 Å². The third kappa shape index (κ3) is 28.1. The summed E-state index contributed by atoms with van der Waals surface area (Å²) in [5, 5.41) is 0. The van der Waals surface area contributed by atoms with Crippen molar-refractivity contribution in [2.45, 2.75) is 206 Å². The van der Waals surface area contributed by atoms with Gasteiger partial charge in [0.05, 0.1) is 14.1 Å². The Kier molecular flexibility index (Phi) is 30.1. The number of allylic oxidation sites excluding steroid dienone is 4. The van der Waals surface area contributed by atoms with E-state index in [0.717, 1.165) is 30.8 Å². The summed E-state index contributed by atoms with van der Waals surface area (Å²) < 4.78 is 13.8. The molecule has 0 N–H and O–H groups in total. The monoisotopic (exact) mass is 633 g/mol. The van der Waals surface area contributed by atoms with Crippen LogP contribution in [0.3, 0.4) is 0 Å². The van der Waals surface area contributed by atoms with Gasteiger partial charge in [0.2, 0.25) is 0 Å². The molecule has 1 aliphatic heterocycles. The van der Waals surface area contributed by atoms with Gasteiger partial charge in [-0.1, -0.05) is 154 Å². The standard InChI is InChI=1S/C42H82NO2/c1-5-7-9-11-13-15-17-19-21-23-25-27-29-31-33-35-37-44-41-39-43(3,4)40-42(41)45-38-36-34-32-30-28-26-24-22-20-18-16-14-12-10-8-6-2/h19-22,41-42H,5-18,23-40H2,1-4H3/q+1/t41-,42-/m1/s1. The van der Waals surface area contributed by atoms with Gasteiger partial charge in [-0.2, -0.15) is 0 Å². The highest BCUT2D eigenvalue weighted by atomic mass is 16.5. The third-order valence-electron chi connectivity index (χ3n) is 9.74. The van der Waals surface area contributed by atoms with Crippen LogP contribution in [-0.4, -0.2) is 57.1 Å². The summed E-state index contributed by atoms with van der Waals surface area (Å²) in [4.78, 5) is 0. The van der Waals surface area contributed by atoms with Crippen LogP contribution in [0, 0.1) is 0 Å². The predicted octanol–water partition coefficient (Wildman–Crippen LogP) is 12.9. The van der Waals surface area contributed by atoms with Gasteiger partial charge in [0.1, 0.15) is 25.3 Å². The Morgan fingerprint density at radius 3 is 0.978 bits per heavy atom. The van der Waals surface area contributed by atoms with Crippen LogP contribution in [0.2, 0.25) is 0 Å². The minimum absolute atomic E-state index is 0.275. The van der Waals surface area contributed by atoms with Crippen molar-refractivity contribution in [1.82, 2.24) is 0 Å². The quantitative estimate of drug-likeness (QED) is 0.0399. The van der Waals surface area contributed by atoms with Gasteiger partial charge in [0.15, 0.2) is 0 Å². The fraction of sp³-hybridized carbons (Fsp3) is 0.905. The van der Waals surface area contributed by atoms with Crippen LogP contribution >= 0.6 is 0 Å². The Hall–Kier alpha value is -0.640. The normalized spacial score (nSPS) is 18.2. The summed E-state index contributed by atoms with van der Waals surface area (Å²) in [6, 6.07) is 0. The number of likely N-dealkylation sites (N-methyl/N-ethyl adjacent to an activating group) is 1. The first-order valence-electron chi connectivity index (χ1n) is 20.4. The van der Waals surface area contributed by atoms with Crippen molar-refractivity contribution in [3.63, 3.8) is 0 Å². The number of likely N-dealkylation sites (tertiary alicyclic amines) is 1. The molecule has 0 unspecified atom stereocenters. The maximum absolute atomic E-state index is 6.40. The second kappa shape index (κ2) is 31.9. The lowest BCUT2D eigenvalue weighted by molar-refractivity contribution is -0.880. The molecular formula is C42H82NO2+. The molecule has 3 nitrogen and oxygen atoms in total. The first kappa shape index (κ1) is 42.4. The van der Waals surface area contributed by atoms with Crippen molar-refractivity contribution in [2.75, 3.05) is 40.4 Å². The summed E-state index contributed by atoms with van der Waals surface area (Å²) in [5.41, 5.74) is 0. The highest BCUT2D eigenvalue weighted by Gasteiger charge is 2.41. The smallest absolute Gasteiger partial charge is 0.138 e. The van der Waals surface area contributed by atoms with Crippen LogP contribution < -0.4 is 0 Å². The summed E-state index contributed by atoms with van der Waals surface area (Å²) >= 11 is 0. The SMILES string of the molecule is CCCCCCCCC=CCCCCCCCCO[C@@H]1C[N+](C)(C)C[C@H]1OCCCCCCCCC=CCCCCCCCC. The number of ether oxygens (including phenoxy) is 2. The zero-order valence-electron chi connectivity index (χ0n) is 31.4. The molecule has 1 rings (SSSR count). The fourth-order valence-corrected chi connectivity index (χ4v) is 6.77. The molecule has 0 spiro atoms. The van der Waals surface area contributed by atoms with E-state index in [0.29, 0.717) is 0 Å². The Bertz CT molecular complexity index is 603. The van der Waals surface area contributed by atoms with Crippen LogP contribution in [0.15, 0.2) is 24.3 Å². The van der Waals surface area contributed by atoms with Crippen molar-refractivity contribution in [3.8, 4) is 0 Å². The number of hydrogen-bond donors (Lipinski definition) is 0. The molecule has 0 aliphatic carbocycles. The van der Waals surface area contributed by atoms with E-state index >= 15 is 0 Å². The number of hydrogen-bond acceptors (Lipinski definition) is 2. The minimum atomic E-state index is 0.275. The summed E-state index contributed by atoms with van der Waals surface area (Å²) in [6.07, 6.45) is 48.1. The molecule has 0 bridgehead atoms. The van der Waals surface area contributed by atoms with Crippen LogP contribution in [-0.2, 0) is 9.47 Å². The van der Waals surface area contributed by atoms with E-state index < -0.39 is 0 Å². The molecule has 0 aromatic heterocycles. The average molecular weight is 633 g/mol. The van der Waals surface area contributed by atoms with Crippen molar-refractivity contribution in [3.05, 3.63) is 24.3 Å². The topological polar surface area (TPSA) is 18.5 Å². The van der Waals surface area contributed by atoms with Crippen LogP contribution in [0.4, 0.5) is 0 Å². The van der Waals surface area contributed by atoms with Crippen molar-refractivity contribution in [1.29, 1.82) is 0 Å². The highest BCUT2D eigenvalue weighted by molar-refractivity contribution is 4.82. The first-order chi connectivity index (χ1) is 22.1. The summed E-state index contributed by atoms with van der Waals surface area (Å²) in [5.74, 6) is 0. The van der Waals surface area contributed by atoms with Crippen molar-refractivity contribution >= 4 is 0 Å². The van der Waals surface area contributed by atoms with Crippen molar-refractivity contribution < 1.29 is 14.0 Å². The Morgan fingerprint density at radius 1 is 0.400 bits per heavy atom. The summed E-state index contributed by atoms with van der Waals surface area (Å²) in [6.45, 7) is 8.56. The van der Waals surface area contributed by atoms with Crippen LogP contribution in [0.1, 0.15) is 194 Å². The molecule has 1 fully saturated rings. The molecule has 3 heteroatoms. The molecule has 0 aromatic rings. The van der Waals surface area contributed by atoms with Gasteiger partial charge in [-0.25, -0.2) is 0 Å². The number of unbranched alkanes of at least 4 members (excludes halogenated alkanes) is 24. The van der Waals surface area contributed by atoms with Gasteiger partial charge in [-0.15, -0.1) is 0 Å². The molecule has 0 aromatic carbocycles. The molecule has 0 amide bonds. The Morgan fingerprint density at radius 2 is 0.667 bits per heavy atom. The largest absolute Gasteiger partial charge is 0.369 e. The van der Waals surface area contributed by atoms with Gasteiger partial charge >= 0.3 is 0 Å². The molecule has 1 aliphatic rings. The molecule has 45 heavy (non-hydrogen) atoms. The van der Waals surface area contributed by atoms with Gasteiger partial charge in [-0.05, 0) is 64.2 Å². The number of nitrogens with zero attached hydrogens (tertiary/aromatic N) is 1. The predicted molar refractivity (Wildman–Crippen MR) is 200 cm³/mol. The number of quaternary nitrogens is 1. The second-order valence-corrected chi connectivity index (χ2v) is 15.0. The van der Waals surface area contributed by atoms with Gasteiger partial charge in [0, 0.05) is 13.2 Å². The summed E-state index contributed by atoms with van der Waals surface area (Å²) in [7, 11) is 4.65. The van der Waals surface area contributed by atoms with E-state index in [4.69, 9.17) is 9.47 Å². The lowest BCUT2D eigenvalue weighted by Gasteiger charge is -2.22. The van der Waals surface area contributed by atoms with E-state index in [9.17, 15) is 0 Å². The van der Waals surface area contributed by atoms with Crippen LogP contribution in [0.5, 0.6) is 0 Å². The van der Waals surface area contributed by atoms with Gasteiger partial charge < -0.3 is 14.0 Å². The average Bonchev–Trinajstić information content (AvgIpc) is 3.32. The van der Waals surface area contributed by atoms with E-state index in [1.807, 2.05) is 0 Å². The van der Waals surface area contributed by atoms with E-state index in [1.54, 1.807) is 0 Å². The minimum Gasteiger partial charge on any atom is -0.369 e. The lowest BCUT2D eigenvalue weighted by Crippen LogP contribution is -2.38. The van der Waals surface area contributed by atoms with Crippen LogP contribution in [0.25, 0.3) is 0 Å².